The minimum atomic E-state index is -3.59. The van der Waals surface area contributed by atoms with Crippen molar-refractivity contribution in [1.29, 1.82) is 0 Å². The number of aryl methyl sites for hydroxylation is 1. The number of rotatable bonds is 8. The van der Waals surface area contributed by atoms with Gasteiger partial charge in [-0.25, -0.2) is 27.8 Å². The quantitative estimate of drug-likeness (QED) is 0.365. The van der Waals surface area contributed by atoms with Crippen molar-refractivity contribution in [3.63, 3.8) is 0 Å². The predicted molar refractivity (Wildman–Crippen MR) is 145 cm³/mol. The van der Waals surface area contributed by atoms with Crippen LogP contribution in [0.5, 0.6) is 11.6 Å². The van der Waals surface area contributed by atoms with Crippen LogP contribution in [-0.4, -0.2) is 47.8 Å². The number of sulfonamides is 1. The topological polar surface area (TPSA) is 118 Å². The second-order valence-electron chi connectivity index (χ2n) is 9.92. The Morgan fingerprint density at radius 2 is 1.89 bits per heavy atom. The Morgan fingerprint density at radius 3 is 2.66 bits per heavy atom. The molecule has 2 aliphatic rings. The van der Waals surface area contributed by atoms with Crippen LogP contribution in [0.1, 0.15) is 50.5 Å². The molecule has 1 aliphatic carbocycles. The molecule has 1 saturated carbocycles. The van der Waals surface area contributed by atoms with Crippen LogP contribution in [0.25, 0.3) is 11.3 Å². The zero-order valence-electron chi connectivity index (χ0n) is 21.4. The second kappa shape index (κ2) is 11.6. The van der Waals surface area contributed by atoms with Crippen LogP contribution in [0.2, 0.25) is 0 Å². The Hall–Kier alpha value is -3.31. The number of nitrogens with zero attached hydrogens (tertiary/aromatic N) is 3. The van der Waals surface area contributed by atoms with Gasteiger partial charge in [0.25, 0.3) is 0 Å². The van der Waals surface area contributed by atoms with Crippen LogP contribution in [0.3, 0.4) is 0 Å². The first-order valence-corrected chi connectivity index (χ1v) is 14.7. The van der Waals surface area contributed by atoms with E-state index in [1.807, 2.05) is 0 Å². The van der Waals surface area contributed by atoms with Gasteiger partial charge in [-0.2, -0.15) is 0 Å². The van der Waals surface area contributed by atoms with Crippen LogP contribution in [0, 0.1) is 12.7 Å². The summed E-state index contributed by atoms with van der Waals surface area (Å²) in [7, 11) is -3.59. The molecule has 2 aromatic heterocycles. The van der Waals surface area contributed by atoms with E-state index >= 15 is 4.39 Å². The Labute approximate surface area is 222 Å². The number of piperidine rings is 1. The van der Waals surface area contributed by atoms with Gasteiger partial charge in [-0.15, -0.1) is 0 Å². The van der Waals surface area contributed by atoms with Gasteiger partial charge in [0, 0.05) is 31.0 Å². The van der Waals surface area contributed by atoms with Crippen LogP contribution >= 0.6 is 0 Å². The number of ether oxygens (including phenoxy) is 1. The van der Waals surface area contributed by atoms with Crippen molar-refractivity contribution in [3.05, 3.63) is 54.1 Å². The van der Waals surface area contributed by atoms with E-state index in [0.717, 1.165) is 51.3 Å². The average Bonchev–Trinajstić information content (AvgIpc) is 2.92. The largest absolute Gasteiger partial charge is 0.435 e. The molecule has 0 bridgehead atoms. The van der Waals surface area contributed by atoms with Gasteiger partial charge in [0.15, 0.2) is 11.6 Å². The molecule has 3 heterocycles. The molecule has 202 valence electrons. The third-order valence-corrected chi connectivity index (χ3v) is 8.88. The highest BCUT2D eigenvalue weighted by Crippen LogP contribution is 2.35. The molecule has 1 saturated heterocycles. The highest BCUT2D eigenvalue weighted by molar-refractivity contribution is 7.93. The molecule has 3 aromatic rings. The van der Waals surface area contributed by atoms with Crippen molar-refractivity contribution in [1.82, 2.24) is 20.3 Å². The van der Waals surface area contributed by atoms with E-state index < -0.39 is 21.1 Å². The lowest BCUT2D eigenvalue weighted by Crippen LogP contribution is -2.38. The summed E-state index contributed by atoms with van der Waals surface area (Å²) in [4.78, 5) is 13.3. The molecule has 38 heavy (non-hydrogen) atoms. The SMILES string of the molecule is Cc1cc(NS(=O)(=O)C2CCCCC2)cc(F)c1Oc1ncccc1-c1ccnc(NC2CCCNC2)n1. The molecule has 1 aromatic carbocycles. The third-order valence-electron chi connectivity index (χ3n) is 7.01. The summed E-state index contributed by atoms with van der Waals surface area (Å²) in [6.07, 6.45) is 9.42. The monoisotopic (exact) mass is 540 g/mol. The summed E-state index contributed by atoms with van der Waals surface area (Å²) in [5, 5.41) is 6.27. The van der Waals surface area contributed by atoms with Crippen LogP contribution in [0.4, 0.5) is 16.0 Å². The first-order valence-electron chi connectivity index (χ1n) is 13.1. The van der Waals surface area contributed by atoms with Crippen LogP contribution < -0.4 is 20.1 Å². The summed E-state index contributed by atoms with van der Waals surface area (Å²) in [5.74, 6) is -0.0129. The highest BCUT2D eigenvalue weighted by Gasteiger charge is 2.28. The van der Waals surface area contributed by atoms with E-state index in [4.69, 9.17) is 4.74 Å². The van der Waals surface area contributed by atoms with E-state index in [1.54, 1.807) is 43.6 Å². The molecule has 2 fully saturated rings. The molecule has 9 nitrogen and oxygen atoms in total. The van der Waals surface area contributed by atoms with E-state index in [0.29, 0.717) is 35.6 Å². The summed E-state index contributed by atoms with van der Waals surface area (Å²) >= 11 is 0. The molecule has 0 amide bonds. The smallest absolute Gasteiger partial charge is 0.235 e. The number of halogens is 1. The van der Waals surface area contributed by atoms with Crippen LogP contribution in [-0.2, 0) is 10.0 Å². The molecular weight excluding hydrogens is 507 g/mol. The number of hydrogen-bond acceptors (Lipinski definition) is 8. The maximum Gasteiger partial charge on any atom is 0.235 e. The summed E-state index contributed by atoms with van der Waals surface area (Å²) < 4.78 is 49.4. The Balaban J connectivity index is 1.36. The second-order valence-corrected chi connectivity index (χ2v) is 11.9. The fourth-order valence-electron chi connectivity index (χ4n) is 5.04. The van der Waals surface area contributed by atoms with Gasteiger partial charge in [0.1, 0.15) is 0 Å². The van der Waals surface area contributed by atoms with Crippen molar-refractivity contribution < 1.29 is 17.5 Å². The first-order chi connectivity index (χ1) is 18.4. The molecule has 3 N–H and O–H groups in total. The number of nitrogens with one attached hydrogen (secondary N) is 3. The molecule has 1 unspecified atom stereocenters. The Kier molecular flexibility index (Phi) is 8.04. The highest BCUT2D eigenvalue weighted by atomic mass is 32.2. The van der Waals surface area contributed by atoms with Gasteiger partial charge in [-0.3, -0.25) is 4.72 Å². The van der Waals surface area contributed by atoms with Gasteiger partial charge in [-0.05, 0) is 69.0 Å². The standard InChI is InChI=1S/C27H33FN6O3S/c1-18-15-20(34-38(35,36)21-8-3-2-4-9-21)16-23(28)25(18)37-26-22(10-6-13-30-26)24-11-14-31-27(33-24)32-19-7-5-12-29-17-19/h6,10-11,13-16,19,21,29,34H,2-5,7-9,12,17H2,1H3,(H,31,32,33). The Bertz CT molecular complexity index is 1350. The molecule has 0 radical (unpaired) electrons. The van der Waals surface area contributed by atoms with Gasteiger partial charge in [-0.1, -0.05) is 19.3 Å². The number of anilines is 2. The van der Waals surface area contributed by atoms with Crippen molar-refractivity contribution in [3.8, 4) is 22.9 Å². The van der Waals surface area contributed by atoms with Crippen LogP contribution in [0.15, 0.2) is 42.7 Å². The fourth-order valence-corrected chi connectivity index (χ4v) is 6.61. The van der Waals surface area contributed by atoms with Gasteiger partial charge >= 0.3 is 0 Å². The van der Waals surface area contributed by atoms with E-state index in [2.05, 4.69) is 30.3 Å². The summed E-state index contributed by atoms with van der Waals surface area (Å²) in [5.41, 5.74) is 1.80. The minimum Gasteiger partial charge on any atom is -0.435 e. The lowest BCUT2D eigenvalue weighted by atomic mass is 10.0. The van der Waals surface area contributed by atoms with Crippen molar-refractivity contribution >= 4 is 21.7 Å². The maximum absolute atomic E-state index is 15.2. The molecular formula is C27H33FN6O3S. The van der Waals surface area contributed by atoms with Gasteiger partial charge < -0.3 is 15.4 Å². The molecule has 5 rings (SSSR count). The summed E-state index contributed by atoms with van der Waals surface area (Å²) in [6.45, 7) is 3.53. The maximum atomic E-state index is 15.2. The van der Waals surface area contributed by atoms with Crippen molar-refractivity contribution in [2.24, 2.45) is 0 Å². The fraction of sp³-hybridized carbons (Fsp3) is 0.444. The molecule has 1 atom stereocenters. The normalized spacial score (nSPS) is 18.6. The lowest BCUT2D eigenvalue weighted by Gasteiger charge is -2.23. The number of pyridine rings is 1. The predicted octanol–water partition coefficient (Wildman–Crippen LogP) is 5.02. The summed E-state index contributed by atoms with van der Waals surface area (Å²) in [6, 6.07) is 8.28. The van der Waals surface area contributed by atoms with E-state index in [9.17, 15) is 8.42 Å². The number of hydrogen-bond donors (Lipinski definition) is 3. The minimum absolute atomic E-state index is 0.0220. The molecule has 1 aliphatic heterocycles. The van der Waals surface area contributed by atoms with E-state index in [1.165, 1.54) is 0 Å². The first kappa shape index (κ1) is 26.3. The lowest BCUT2D eigenvalue weighted by molar-refractivity contribution is 0.425. The zero-order valence-corrected chi connectivity index (χ0v) is 22.2. The zero-order chi connectivity index (χ0) is 26.5. The van der Waals surface area contributed by atoms with Gasteiger partial charge in [0.05, 0.1) is 22.2 Å². The third kappa shape index (κ3) is 6.21. The number of benzene rings is 1. The van der Waals surface area contributed by atoms with Crippen molar-refractivity contribution in [2.75, 3.05) is 23.1 Å². The Morgan fingerprint density at radius 1 is 1.05 bits per heavy atom. The van der Waals surface area contributed by atoms with Crippen molar-refractivity contribution in [2.45, 2.75) is 63.2 Å². The molecule has 0 spiro atoms. The van der Waals surface area contributed by atoms with E-state index in [-0.39, 0.29) is 23.4 Å². The van der Waals surface area contributed by atoms with Gasteiger partial charge in [0.2, 0.25) is 21.9 Å². The average molecular weight is 541 g/mol. The molecule has 11 heteroatoms. The number of aromatic nitrogens is 3.